The van der Waals surface area contributed by atoms with Crippen molar-refractivity contribution in [1.29, 1.82) is 5.26 Å². The van der Waals surface area contributed by atoms with Gasteiger partial charge in [-0.05, 0) is 24.7 Å². The zero-order valence-corrected chi connectivity index (χ0v) is 10.3. The van der Waals surface area contributed by atoms with Crippen molar-refractivity contribution < 1.29 is 0 Å². The second-order valence-corrected chi connectivity index (χ2v) is 5.30. The van der Waals surface area contributed by atoms with Crippen LogP contribution in [0.3, 0.4) is 0 Å². The monoisotopic (exact) mass is 243 g/mol. The van der Waals surface area contributed by atoms with Crippen LogP contribution in [-0.4, -0.2) is 29.1 Å². The highest BCUT2D eigenvalue weighted by Crippen LogP contribution is 2.36. The zero-order chi connectivity index (χ0) is 12.5. The Balaban J connectivity index is 1.76. The van der Waals surface area contributed by atoms with Crippen LogP contribution in [0.2, 0.25) is 0 Å². The molecule has 0 amide bonds. The molecule has 18 heavy (non-hydrogen) atoms. The summed E-state index contributed by atoms with van der Waals surface area (Å²) >= 11 is 0. The van der Waals surface area contributed by atoms with E-state index in [1.165, 1.54) is 19.0 Å². The Morgan fingerprint density at radius 1 is 1.28 bits per heavy atom. The fourth-order valence-electron chi connectivity index (χ4n) is 3.25. The van der Waals surface area contributed by atoms with Gasteiger partial charge >= 0.3 is 0 Å². The number of nitrogens with zero attached hydrogens (tertiary/aromatic N) is 4. The minimum atomic E-state index is 0.333. The summed E-state index contributed by atoms with van der Waals surface area (Å²) in [5, 5.41) is 8.71. The van der Waals surface area contributed by atoms with Gasteiger partial charge in [-0.25, -0.2) is 9.97 Å². The summed E-state index contributed by atoms with van der Waals surface area (Å²) < 4.78 is 0. The number of anilines is 1. The third-order valence-corrected chi connectivity index (χ3v) is 4.23. The average molecular weight is 243 g/mol. The summed E-state index contributed by atoms with van der Waals surface area (Å²) in [6.45, 7) is 2.01. The van der Waals surface area contributed by atoms with Gasteiger partial charge in [0.2, 0.25) is 0 Å². The number of hydrogen-bond donors (Lipinski definition) is 1. The Labute approximate surface area is 107 Å². The molecule has 94 valence electrons. The molecule has 1 aromatic rings. The number of hydrogen-bond acceptors (Lipinski definition) is 5. The lowest BCUT2D eigenvalue weighted by Gasteiger charge is -2.29. The first-order chi connectivity index (χ1) is 8.78. The maximum atomic E-state index is 8.71. The molecule has 2 N–H and O–H groups in total. The van der Waals surface area contributed by atoms with Crippen molar-refractivity contribution in [2.75, 3.05) is 18.0 Å². The van der Waals surface area contributed by atoms with E-state index in [2.05, 4.69) is 14.9 Å². The third-order valence-electron chi connectivity index (χ3n) is 4.23. The van der Waals surface area contributed by atoms with Crippen LogP contribution >= 0.6 is 0 Å². The molecule has 2 aliphatic rings. The molecule has 5 heteroatoms. The predicted octanol–water partition coefficient (Wildman–Crippen LogP) is 0.912. The first kappa shape index (κ1) is 11.4. The van der Waals surface area contributed by atoms with Gasteiger partial charge in [-0.3, -0.25) is 0 Å². The summed E-state index contributed by atoms with van der Waals surface area (Å²) in [5.74, 6) is 2.16. The lowest BCUT2D eigenvalue weighted by Crippen LogP contribution is -2.38. The molecular weight excluding hydrogens is 226 g/mol. The Hall–Kier alpha value is -1.67. The van der Waals surface area contributed by atoms with Gasteiger partial charge in [0.25, 0.3) is 0 Å². The quantitative estimate of drug-likeness (QED) is 0.793. The average Bonchev–Trinajstić information content (AvgIpc) is 2.84. The van der Waals surface area contributed by atoms with Gasteiger partial charge in [0, 0.05) is 19.1 Å². The summed E-state index contributed by atoms with van der Waals surface area (Å²) in [6, 6.07) is 2.32. The molecule has 0 aromatic carbocycles. The lowest BCUT2D eigenvalue weighted by molar-refractivity contribution is 0.260. The fourth-order valence-corrected chi connectivity index (χ4v) is 3.25. The van der Waals surface area contributed by atoms with E-state index in [9.17, 15) is 0 Å². The molecule has 0 spiro atoms. The Kier molecular flexibility index (Phi) is 2.88. The second kappa shape index (κ2) is 4.54. The van der Waals surface area contributed by atoms with E-state index in [0.717, 1.165) is 25.3 Å². The molecule has 0 radical (unpaired) electrons. The SMILES string of the molecule is N#Cc1cnc(N2CC3CCCC(N)C3C2)cn1. The van der Waals surface area contributed by atoms with Crippen molar-refractivity contribution in [3.63, 3.8) is 0 Å². The molecule has 2 fully saturated rings. The molecular formula is C13H17N5. The first-order valence-electron chi connectivity index (χ1n) is 6.50. The van der Waals surface area contributed by atoms with Crippen LogP contribution in [0.5, 0.6) is 0 Å². The maximum absolute atomic E-state index is 8.71. The van der Waals surface area contributed by atoms with Gasteiger partial charge in [-0.2, -0.15) is 5.26 Å². The summed E-state index contributed by atoms with van der Waals surface area (Å²) in [6.07, 6.45) is 6.90. The molecule has 2 heterocycles. The van der Waals surface area contributed by atoms with Gasteiger partial charge < -0.3 is 10.6 Å². The Morgan fingerprint density at radius 3 is 2.83 bits per heavy atom. The van der Waals surface area contributed by atoms with Crippen molar-refractivity contribution >= 4 is 5.82 Å². The highest BCUT2D eigenvalue weighted by molar-refractivity contribution is 5.39. The van der Waals surface area contributed by atoms with E-state index in [0.29, 0.717) is 23.6 Å². The van der Waals surface area contributed by atoms with Gasteiger partial charge in [0.05, 0.1) is 12.4 Å². The van der Waals surface area contributed by atoms with Crippen molar-refractivity contribution in [2.45, 2.75) is 25.3 Å². The molecule has 1 aliphatic carbocycles. The molecule has 3 atom stereocenters. The van der Waals surface area contributed by atoms with Crippen LogP contribution in [-0.2, 0) is 0 Å². The Morgan fingerprint density at radius 2 is 2.17 bits per heavy atom. The molecule has 1 aliphatic heterocycles. The highest BCUT2D eigenvalue weighted by atomic mass is 15.2. The number of rotatable bonds is 1. The van der Waals surface area contributed by atoms with Crippen molar-refractivity contribution in [3.05, 3.63) is 18.1 Å². The van der Waals surface area contributed by atoms with E-state index < -0.39 is 0 Å². The van der Waals surface area contributed by atoms with E-state index in [1.54, 1.807) is 6.20 Å². The van der Waals surface area contributed by atoms with Gasteiger partial charge in [0.15, 0.2) is 5.69 Å². The molecule has 1 saturated heterocycles. The summed E-state index contributed by atoms with van der Waals surface area (Å²) in [7, 11) is 0. The predicted molar refractivity (Wildman–Crippen MR) is 67.8 cm³/mol. The van der Waals surface area contributed by atoms with Crippen molar-refractivity contribution in [2.24, 2.45) is 17.6 Å². The van der Waals surface area contributed by atoms with Crippen LogP contribution in [0.25, 0.3) is 0 Å². The topological polar surface area (TPSA) is 78.8 Å². The van der Waals surface area contributed by atoms with Crippen LogP contribution < -0.4 is 10.6 Å². The number of fused-ring (bicyclic) bond motifs is 1. The van der Waals surface area contributed by atoms with Crippen LogP contribution in [0, 0.1) is 23.2 Å². The number of nitriles is 1. The summed E-state index contributed by atoms with van der Waals surface area (Å²) in [4.78, 5) is 10.7. The molecule has 5 nitrogen and oxygen atoms in total. The van der Waals surface area contributed by atoms with E-state index in [-0.39, 0.29) is 0 Å². The molecule has 3 unspecified atom stereocenters. The molecule has 1 saturated carbocycles. The van der Waals surface area contributed by atoms with Crippen molar-refractivity contribution in [1.82, 2.24) is 9.97 Å². The first-order valence-corrected chi connectivity index (χ1v) is 6.50. The number of aromatic nitrogens is 2. The Bertz CT molecular complexity index is 463. The highest BCUT2D eigenvalue weighted by Gasteiger charge is 2.39. The third kappa shape index (κ3) is 1.93. The lowest BCUT2D eigenvalue weighted by atomic mass is 9.78. The van der Waals surface area contributed by atoms with E-state index in [1.807, 2.05) is 6.07 Å². The van der Waals surface area contributed by atoms with Gasteiger partial charge in [-0.15, -0.1) is 0 Å². The largest absolute Gasteiger partial charge is 0.355 e. The minimum absolute atomic E-state index is 0.333. The zero-order valence-electron chi connectivity index (χ0n) is 10.3. The number of nitrogens with two attached hydrogens (primary N) is 1. The van der Waals surface area contributed by atoms with E-state index in [4.69, 9.17) is 11.0 Å². The molecule has 0 bridgehead atoms. The normalized spacial score (nSPS) is 30.9. The maximum Gasteiger partial charge on any atom is 0.158 e. The standard InChI is InChI=1S/C13H17N5/c14-4-10-5-17-13(6-16-10)18-7-9-2-1-3-12(15)11(9)8-18/h5-6,9,11-12H,1-3,7-8,15H2. The van der Waals surface area contributed by atoms with Crippen LogP contribution in [0.4, 0.5) is 5.82 Å². The fraction of sp³-hybridized carbons (Fsp3) is 0.615. The van der Waals surface area contributed by atoms with E-state index >= 15 is 0 Å². The van der Waals surface area contributed by atoms with Gasteiger partial charge in [-0.1, -0.05) is 6.42 Å². The summed E-state index contributed by atoms with van der Waals surface area (Å²) in [5.41, 5.74) is 6.57. The second-order valence-electron chi connectivity index (χ2n) is 5.30. The molecule has 3 rings (SSSR count). The van der Waals surface area contributed by atoms with Gasteiger partial charge in [0.1, 0.15) is 11.9 Å². The molecule has 1 aromatic heterocycles. The smallest absolute Gasteiger partial charge is 0.158 e. The van der Waals surface area contributed by atoms with Crippen LogP contribution in [0.1, 0.15) is 25.0 Å². The minimum Gasteiger partial charge on any atom is -0.355 e. The van der Waals surface area contributed by atoms with Crippen molar-refractivity contribution in [3.8, 4) is 6.07 Å². The van der Waals surface area contributed by atoms with Crippen LogP contribution in [0.15, 0.2) is 12.4 Å².